The number of hydrogen-bond acceptors (Lipinski definition) is 4. The van der Waals surface area contributed by atoms with Crippen LogP contribution in [0, 0.1) is 5.92 Å². The molecule has 0 spiro atoms. The number of benzene rings is 1. The maximum atomic E-state index is 12.8. The van der Waals surface area contributed by atoms with Crippen molar-refractivity contribution < 1.29 is 13.5 Å². The van der Waals surface area contributed by atoms with E-state index < -0.39 is 6.43 Å². The van der Waals surface area contributed by atoms with E-state index in [0.29, 0.717) is 36.5 Å². The van der Waals surface area contributed by atoms with Crippen LogP contribution in [0.3, 0.4) is 0 Å². The quantitative estimate of drug-likeness (QED) is 0.880. The highest BCUT2D eigenvalue weighted by Crippen LogP contribution is 2.28. The summed E-state index contributed by atoms with van der Waals surface area (Å²) in [5, 5.41) is 3.72. The van der Waals surface area contributed by atoms with E-state index >= 15 is 0 Å². The van der Waals surface area contributed by atoms with Crippen molar-refractivity contribution in [3.05, 3.63) is 35.0 Å². The molecule has 0 unspecified atom stereocenters. The Morgan fingerprint density at radius 2 is 2.10 bits per heavy atom. The SMILES string of the molecule is FC(F)c1ccc2nc(Cl)nc(NC[C]3COC3)c2c1. The molecule has 4 nitrogen and oxygen atoms in total. The summed E-state index contributed by atoms with van der Waals surface area (Å²) >= 11 is 5.85. The molecule has 105 valence electrons. The van der Waals surface area contributed by atoms with E-state index in [0.717, 1.165) is 0 Å². The van der Waals surface area contributed by atoms with Gasteiger partial charge in [-0.05, 0) is 23.7 Å². The lowest BCUT2D eigenvalue weighted by atomic mass is 10.1. The number of nitrogens with zero attached hydrogens (tertiary/aromatic N) is 2. The summed E-state index contributed by atoms with van der Waals surface area (Å²) in [6.45, 7) is 1.82. The van der Waals surface area contributed by atoms with Crippen molar-refractivity contribution >= 4 is 28.3 Å². The molecule has 1 saturated heterocycles. The Balaban J connectivity index is 1.96. The zero-order valence-corrected chi connectivity index (χ0v) is 11.1. The number of rotatable bonds is 4. The summed E-state index contributed by atoms with van der Waals surface area (Å²) < 4.78 is 30.6. The van der Waals surface area contributed by atoms with Gasteiger partial charge in [-0.1, -0.05) is 6.07 Å². The largest absolute Gasteiger partial charge is 0.380 e. The molecule has 0 aliphatic carbocycles. The number of fused-ring (bicyclic) bond motifs is 1. The first kappa shape index (κ1) is 13.5. The molecule has 2 aromatic rings. The van der Waals surface area contributed by atoms with Gasteiger partial charge in [0, 0.05) is 23.4 Å². The van der Waals surface area contributed by atoms with Crippen LogP contribution >= 0.6 is 11.6 Å². The van der Waals surface area contributed by atoms with Gasteiger partial charge in [0.15, 0.2) is 0 Å². The predicted molar refractivity (Wildman–Crippen MR) is 72.1 cm³/mol. The number of nitrogens with one attached hydrogen (secondary N) is 1. The number of ether oxygens (including phenoxy) is 1. The lowest BCUT2D eigenvalue weighted by molar-refractivity contribution is 0.0654. The van der Waals surface area contributed by atoms with Crippen LogP contribution in [0.1, 0.15) is 12.0 Å². The first-order chi connectivity index (χ1) is 9.63. The molecule has 1 aliphatic rings. The van der Waals surface area contributed by atoms with E-state index in [4.69, 9.17) is 16.3 Å². The van der Waals surface area contributed by atoms with Gasteiger partial charge in [-0.25, -0.2) is 18.7 Å². The van der Waals surface area contributed by atoms with Gasteiger partial charge in [-0.2, -0.15) is 0 Å². The summed E-state index contributed by atoms with van der Waals surface area (Å²) in [6.07, 6.45) is -2.53. The summed E-state index contributed by atoms with van der Waals surface area (Å²) in [6, 6.07) is 4.25. The number of anilines is 1. The van der Waals surface area contributed by atoms with E-state index in [2.05, 4.69) is 15.3 Å². The number of hydrogen-bond donors (Lipinski definition) is 1. The first-order valence-electron chi connectivity index (χ1n) is 6.04. The molecule has 0 bridgehead atoms. The lowest BCUT2D eigenvalue weighted by Crippen LogP contribution is -2.31. The van der Waals surface area contributed by atoms with Crippen LogP contribution in [-0.2, 0) is 4.74 Å². The summed E-state index contributed by atoms with van der Waals surface area (Å²) in [5.41, 5.74) is 0.470. The van der Waals surface area contributed by atoms with Crippen LogP contribution in [0.25, 0.3) is 10.9 Å². The molecule has 1 aliphatic heterocycles. The highest BCUT2D eigenvalue weighted by atomic mass is 35.5. The summed E-state index contributed by atoms with van der Waals surface area (Å²) in [7, 11) is 0. The lowest BCUT2D eigenvalue weighted by Gasteiger charge is -2.25. The third-order valence-electron chi connectivity index (χ3n) is 3.06. The van der Waals surface area contributed by atoms with Crippen molar-refractivity contribution in [3.8, 4) is 0 Å². The molecule has 3 rings (SSSR count). The van der Waals surface area contributed by atoms with Crippen LogP contribution in [0.5, 0.6) is 0 Å². The van der Waals surface area contributed by atoms with Gasteiger partial charge in [0.1, 0.15) is 5.82 Å². The zero-order valence-electron chi connectivity index (χ0n) is 10.4. The van der Waals surface area contributed by atoms with Gasteiger partial charge in [-0.3, -0.25) is 0 Å². The van der Waals surface area contributed by atoms with E-state index in [-0.39, 0.29) is 10.8 Å². The van der Waals surface area contributed by atoms with Gasteiger partial charge < -0.3 is 10.1 Å². The summed E-state index contributed by atoms with van der Waals surface area (Å²) in [4.78, 5) is 8.11. The molecule has 0 saturated carbocycles. The fourth-order valence-corrected chi connectivity index (χ4v) is 2.12. The Morgan fingerprint density at radius 3 is 2.75 bits per heavy atom. The van der Waals surface area contributed by atoms with Gasteiger partial charge in [-0.15, -0.1) is 0 Å². The Kier molecular flexibility index (Phi) is 3.67. The third kappa shape index (κ3) is 2.66. The Morgan fingerprint density at radius 1 is 1.30 bits per heavy atom. The van der Waals surface area contributed by atoms with Gasteiger partial charge in [0.05, 0.1) is 18.7 Å². The molecule has 7 heteroatoms. The number of aromatic nitrogens is 2. The average Bonchev–Trinajstić information content (AvgIpc) is 2.36. The van der Waals surface area contributed by atoms with E-state index in [1.807, 2.05) is 0 Å². The second-order valence-electron chi connectivity index (χ2n) is 4.51. The minimum absolute atomic E-state index is 0.0638. The highest BCUT2D eigenvalue weighted by molar-refractivity contribution is 6.28. The van der Waals surface area contributed by atoms with Crippen LogP contribution < -0.4 is 5.32 Å². The summed E-state index contributed by atoms with van der Waals surface area (Å²) in [5.74, 6) is 1.65. The molecule has 0 amide bonds. The molecule has 2 heterocycles. The Bertz CT molecular complexity index is 634. The molecule has 1 N–H and O–H groups in total. The molecular weight excluding hydrogens is 288 g/mol. The van der Waals surface area contributed by atoms with Crippen LogP contribution in [0.15, 0.2) is 18.2 Å². The normalized spacial score (nSPS) is 15.6. The Labute approximate surface area is 119 Å². The van der Waals surface area contributed by atoms with E-state index in [1.165, 1.54) is 24.1 Å². The highest BCUT2D eigenvalue weighted by Gasteiger charge is 2.20. The number of alkyl halides is 2. The maximum absolute atomic E-state index is 12.8. The van der Waals surface area contributed by atoms with Crippen LogP contribution in [-0.4, -0.2) is 29.7 Å². The maximum Gasteiger partial charge on any atom is 0.263 e. The third-order valence-corrected chi connectivity index (χ3v) is 3.23. The molecular formula is C13H11ClF2N3O. The fraction of sp³-hybridized carbons (Fsp3) is 0.308. The molecule has 1 aromatic carbocycles. The fourth-order valence-electron chi connectivity index (χ4n) is 1.95. The van der Waals surface area contributed by atoms with E-state index in [9.17, 15) is 8.78 Å². The standard InChI is InChI=1S/C13H11ClF2N3O/c14-13-18-10-2-1-8(11(15)16)3-9(10)12(19-13)17-4-7-5-20-6-7/h1-3,11H,4-6H2,(H,17,18,19). The minimum atomic E-state index is -2.53. The predicted octanol–water partition coefficient (Wildman–Crippen LogP) is 3.24. The number of halogens is 3. The van der Waals surface area contributed by atoms with Crippen molar-refractivity contribution in [3.63, 3.8) is 0 Å². The van der Waals surface area contributed by atoms with Crippen molar-refractivity contribution in [1.29, 1.82) is 0 Å². The second-order valence-corrected chi connectivity index (χ2v) is 4.85. The smallest absolute Gasteiger partial charge is 0.263 e. The molecule has 1 fully saturated rings. The molecule has 1 radical (unpaired) electrons. The monoisotopic (exact) mass is 298 g/mol. The minimum Gasteiger partial charge on any atom is -0.380 e. The van der Waals surface area contributed by atoms with Crippen molar-refractivity contribution in [2.24, 2.45) is 0 Å². The van der Waals surface area contributed by atoms with Crippen molar-refractivity contribution in [1.82, 2.24) is 9.97 Å². The molecule has 1 aromatic heterocycles. The van der Waals surface area contributed by atoms with Gasteiger partial charge >= 0.3 is 0 Å². The second kappa shape index (κ2) is 5.46. The molecule has 0 atom stereocenters. The van der Waals surface area contributed by atoms with Crippen molar-refractivity contribution in [2.75, 3.05) is 25.1 Å². The van der Waals surface area contributed by atoms with Gasteiger partial charge in [0.2, 0.25) is 5.28 Å². The van der Waals surface area contributed by atoms with Crippen molar-refractivity contribution in [2.45, 2.75) is 6.43 Å². The molecule has 20 heavy (non-hydrogen) atoms. The first-order valence-corrected chi connectivity index (χ1v) is 6.42. The van der Waals surface area contributed by atoms with Gasteiger partial charge in [0.25, 0.3) is 6.43 Å². The topological polar surface area (TPSA) is 47.0 Å². The Hall–Kier alpha value is -1.53. The van der Waals surface area contributed by atoms with Crippen LogP contribution in [0.4, 0.5) is 14.6 Å². The van der Waals surface area contributed by atoms with Crippen LogP contribution in [0.2, 0.25) is 5.28 Å². The zero-order chi connectivity index (χ0) is 14.1. The average molecular weight is 299 g/mol. The van der Waals surface area contributed by atoms with E-state index in [1.54, 1.807) is 0 Å².